The van der Waals surface area contributed by atoms with E-state index >= 15 is 0 Å². The van der Waals surface area contributed by atoms with Crippen LogP contribution < -0.4 is 0 Å². The summed E-state index contributed by atoms with van der Waals surface area (Å²) in [5.74, 6) is 0. The van der Waals surface area contributed by atoms with Gasteiger partial charge in [0.2, 0.25) is 12.5 Å². The molecular weight excluding hydrogens is 234 g/mol. The Morgan fingerprint density at radius 1 is 1.06 bits per heavy atom. The Labute approximate surface area is 110 Å². The molecule has 0 amide bonds. The Kier molecular flexibility index (Phi) is 9.23. The maximum Gasteiger partial charge on any atom is 0.217 e. The SMILES string of the molecule is C=CC[N+](CC)(C(O)COCC)C(O)COCC. The summed E-state index contributed by atoms with van der Waals surface area (Å²) in [6.45, 7) is 11.9. The molecule has 0 saturated heterocycles. The third kappa shape index (κ3) is 4.66. The average Bonchev–Trinajstić information content (AvgIpc) is 2.39. The van der Waals surface area contributed by atoms with E-state index in [9.17, 15) is 10.2 Å². The molecule has 0 saturated carbocycles. The maximum atomic E-state index is 10.3. The number of nitrogens with zero attached hydrogens (tertiary/aromatic N) is 1. The second-order valence-corrected chi connectivity index (χ2v) is 4.17. The van der Waals surface area contributed by atoms with Crippen molar-refractivity contribution < 1.29 is 24.2 Å². The Balaban J connectivity index is 4.81. The van der Waals surface area contributed by atoms with Gasteiger partial charge in [-0.05, 0) is 26.8 Å². The van der Waals surface area contributed by atoms with E-state index in [1.807, 2.05) is 20.8 Å². The fourth-order valence-corrected chi connectivity index (χ4v) is 1.98. The van der Waals surface area contributed by atoms with E-state index in [1.165, 1.54) is 0 Å². The summed E-state index contributed by atoms with van der Waals surface area (Å²) < 4.78 is 10.6. The van der Waals surface area contributed by atoms with Crippen LogP contribution in [-0.4, -0.2) is 66.7 Å². The van der Waals surface area contributed by atoms with Crippen molar-refractivity contribution in [2.24, 2.45) is 0 Å². The lowest BCUT2D eigenvalue weighted by Gasteiger charge is -2.43. The van der Waals surface area contributed by atoms with Crippen molar-refractivity contribution in [3.05, 3.63) is 12.7 Å². The number of hydrogen-bond acceptors (Lipinski definition) is 4. The van der Waals surface area contributed by atoms with Crippen LogP contribution in [0.3, 0.4) is 0 Å². The van der Waals surface area contributed by atoms with E-state index in [0.717, 1.165) is 0 Å². The summed E-state index contributed by atoms with van der Waals surface area (Å²) in [5, 5.41) is 20.6. The van der Waals surface area contributed by atoms with Crippen molar-refractivity contribution in [1.82, 2.24) is 0 Å². The van der Waals surface area contributed by atoms with Gasteiger partial charge in [-0.25, -0.2) is 0 Å². The van der Waals surface area contributed by atoms with E-state index < -0.39 is 12.5 Å². The maximum absolute atomic E-state index is 10.3. The Hall–Kier alpha value is -0.460. The fourth-order valence-electron chi connectivity index (χ4n) is 1.98. The van der Waals surface area contributed by atoms with Gasteiger partial charge in [-0.1, -0.05) is 6.58 Å². The minimum absolute atomic E-state index is 0.101. The molecule has 0 bridgehead atoms. The van der Waals surface area contributed by atoms with E-state index in [1.54, 1.807) is 6.08 Å². The van der Waals surface area contributed by atoms with Crippen LogP contribution in [0.15, 0.2) is 12.7 Å². The molecule has 108 valence electrons. The predicted octanol–water partition coefficient (Wildman–Crippen LogP) is 0.719. The quantitative estimate of drug-likeness (QED) is 0.327. The van der Waals surface area contributed by atoms with Crippen LogP contribution in [0.2, 0.25) is 0 Å². The number of likely N-dealkylation sites (N-methyl/N-ethyl adjacent to an activating group) is 1. The van der Waals surface area contributed by atoms with Crippen LogP contribution in [0.5, 0.6) is 0 Å². The molecule has 0 aromatic rings. The largest absolute Gasteiger partial charge is 0.373 e. The minimum Gasteiger partial charge on any atom is -0.373 e. The van der Waals surface area contributed by atoms with Gasteiger partial charge in [0.1, 0.15) is 19.8 Å². The van der Waals surface area contributed by atoms with E-state index in [-0.39, 0.29) is 17.7 Å². The molecular formula is C13H28NO4+. The zero-order valence-corrected chi connectivity index (χ0v) is 11.8. The first-order valence-corrected chi connectivity index (χ1v) is 6.57. The molecule has 5 nitrogen and oxygen atoms in total. The standard InChI is InChI=1S/C13H28NO4/c1-5-9-14(6-2,12(15)10-17-7-3)13(16)11-18-8-4/h5,12-13,15-16H,1,6-11H2,2-4H3/q+1. The number of rotatable bonds is 11. The fraction of sp³-hybridized carbons (Fsp3) is 0.846. The highest BCUT2D eigenvalue weighted by atomic mass is 16.5. The molecule has 0 aromatic heterocycles. The third-order valence-corrected chi connectivity index (χ3v) is 3.19. The number of quaternary nitrogens is 1. The van der Waals surface area contributed by atoms with Crippen LogP contribution in [0.1, 0.15) is 20.8 Å². The summed E-state index contributed by atoms with van der Waals surface area (Å²) in [5.41, 5.74) is 0. The van der Waals surface area contributed by atoms with E-state index in [2.05, 4.69) is 6.58 Å². The molecule has 2 atom stereocenters. The molecule has 0 aromatic carbocycles. The first kappa shape index (κ1) is 17.5. The molecule has 0 aliphatic rings. The molecule has 0 rings (SSSR count). The van der Waals surface area contributed by atoms with E-state index in [4.69, 9.17) is 9.47 Å². The molecule has 0 radical (unpaired) electrons. The highest BCUT2D eigenvalue weighted by molar-refractivity contribution is 4.68. The van der Waals surface area contributed by atoms with Crippen LogP contribution in [0.4, 0.5) is 0 Å². The molecule has 18 heavy (non-hydrogen) atoms. The smallest absolute Gasteiger partial charge is 0.217 e. The zero-order valence-electron chi connectivity index (χ0n) is 11.8. The van der Waals surface area contributed by atoms with Crippen molar-refractivity contribution >= 4 is 0 Å². The van der Waals surface area contributed by atoms with Gasteiger partial charge in [-0.15, -0.1) is 0 Å². The number of ether oxygens (including phenoxy) is 2. The van der Waals surface area contributed by atoms with Gasteiger partial charge in [0.25, 0.3) is 0 Å². The second kappa shape index (κ2) is 9.47. The van der Waals surface area contributed by atoms with Crippen molar-refractivity contribution in [1.29, 1.82) is 0 Å². The Bertz CT molecular complexity index is 209. The lowest BCUT2D eigenvalue weighted by molar-refractivity contribution is -1.00. The van der Waals surface area contributed by atoms with Gasteiger partial charge >= 0.3 is 0 Å². The summed E-state index contributed by atoms with van der Waals surface area (Å²) >= 11 is 0. The molecule has 2 N–H and O–H groups in total. The number of aliphatic hydroxyl groups is 2. The van der Waals surface area contributed by atoms with Crippen LogP contribution in [0, 0.1) is 0 Å². The van der Waals surface area contributed by atoms with Crippen molar-refractivity contribution in [3.8, 4) is 0 Å². The van der Waals surface area contributed by atoms with Crippen molar-refractivity contribution in [2.45, 2.75) is 33.2 Å². The molecule has 0 fully saturated rings. The predicted molar refractivity (Wildman–Crippen MR) is 70.9 cm³/mol. The van der Waals surface area contributed by atoms with Gasteiger partial charge in [-0.2, -0.15) is 0 Å². The topological polar surface area (TPSA) is 58.9 Å². The number of hydrogen-bond donors (Lipinski definition) is 2. The highest BCUT2D eigenvalue weighted by Gasteiger charge is 2.40. The van der Waals surface area contributed by atoms with Gasteiger partial charge < -0.3 is 19.7 Å². The van der Waals surface area contributed by atoms with Gasteiger partial charge in [0.05, 0.1) is 6.54 Å². The Morgan fingerprint density at radius 3 is 1.78 bits per heavy atom. The summed E-state index contributed by atoms with van der Waals surface area (Å²) in [4.78, 5) is 0. The Morgan fingerprint density at radius 2 is 1.50 bits per heavy atom. The molecule has 2 unspecified atom stereocenters. The van der Waals surface area contributed by atoms with Crippen molar-refractivity contribution in [3.63, 3.8) is 0 Å². The van der Waals surface area contributed by atoms with Gasteiger partial charge in [0, 0.05) is 13.2 Å². The van der Waals surface area contributed by atoms with Gasteiger partial charge in [0.15, 0.2) is 0 Å². The zero-order chi connectivity index (χ0) is 14.0. The number of aliphatic hydroxyl groups excluding tert-OH is 2. The summed E-state index contributed by atoms with van der Waals surface area (Å²) in [6.07, 6.45) is 0.125. The second-order valence-electron chi connectivity index (χ2n) is 4.17. The third-order valence-electron chi connectivity index (χ3n) is 3.19. The molecule has 5 heteroatoms. The van der Waals surface area contributed by atoms with Crippen LogP contribution in [-0.2, 0) is 9.47 Å². The first-order chi connectivity index (χ1) is 8.58. The van der Waals surface area contributed by atoms with Gasteiger partial charge in [-0.3, -0.25) is 4.48 Å². The van der Waals surface area contributed by atoms with E-state index in [0.29, 0.717) is 26.3 Å². The molecule has 0 heterocycles. The summed E-state index contributed by atoms with van der Waals surface area (Å²) in [7, 11) is 0. The van der Waals surface area contributed by atoms with Crippen molar-refractivity contribution in [2.75, 3.05) is 39.5 Å². The first-order valence-electron chi connectivity index (χ1n) is 6.57. The summed E-state index contributed by atoms with van der Waals surface area (Å²) in [6, 6.07) is 0. The van der Waals surface area contributed by atoms with Crippen LogP contribution in [0.25, 0.3) is 0 Å². The normalized spacial score (nSPS) is 18.1. The lowest BCUT2D eigenvalue weighted by atomic mass is 10.2. The monoisotopic (exact) mass is 262 g/mol. The molecule has 0 aliphatic carbocycles. The minimum atomic E-state index is -0.789. The average molecular weight is 262 g/mol. The highest BCUT2D eigenvalue weighted by Crippen LogP contribution is 2.18. The lowest BCUT2D eigenvalue weighted by Crippen LogP contribution is -2.64. The molecule has 0 aliphatic heterocycles. The molecule has 0 spiro atoms. The van der Waals surface area contributed by atoms with Crippen LogP contribution >= 0.6 is 0 Å².